The molecule has 0 unspecified atom stereocenters. The van der Waals surface area contributed by atoms with Crippen LogP contribution in [0.3, 0.4) is 0 Å². The molecule has 0 aromatic carbocycles. The Kier molecular flexibility index (Phi) is 5.59. The molecule has 0 bridgehead atoms. The lowest BCUT2D eigenvalue weighted by Crippen LogP contribution is -2.17. The van der Waals surface area contributed by atoms with Crippen LogP contribution >= 0.6 is 15.8 Å². The molecule has 14 heavy (non-hydrogen) atoms. The largest absolute Gasteiger partial charge is 0.104 e. The van der Waals surface area contributed by atoms with Crippen molar-refractivity contribution in [2.24, 2.45) is 0 Å². The zero-order chi connectivity index (χ0) is 11.6. The third-order valence-electron chi connectivity index (χ3n) is 3.06. The first kappa shape index (κ1) is 14.9. The van der Waals surface area contributed by atoms with E-state index in [2.05, 4.69) is 54.9 Å². The molecule has 0 spiro atoms. The van der Waals surface area contributed by atoms with Gasteiger partial charge in [-0.15, -0.1) is 15.8 Å². The van der Waals surface area contributed by atoms with Gasteiger partial charge in [-0.05, 0) is 36.0 Å². The van der Waals surface area contributed by atoms with E-state index in [4.69, 9.17) is 0 Å². The van der Waals surface area contributed by atoms with E-state index in [1.54, 1.807) is 0 Å². The summed E-state index contributed by atoms with van der Waals surface area (Å²) in [5, 5.41) is 1.09. The Labute approximate surface area is 93.8 Å². The fourth-order valence-electron chi connectivity index (χ4n) is 0.971. The molecule has 0 N–H and O–H groups in total. The van der Waals surface area contributed by atoms with Crippen LogP contribution in [0, 0.1) is 0 Å². The lowest BCUT2D eigenvalue weighted by molar-refractivity contribution is 0.777. The lowest BCUT2D eigenvalue weighted by Gasteiger charge is -2.33. The molecular formula is C12H28P2. The van der Waals surface area contributed by atoms with Gasteiger partial charge in [0.1, 0.15) is 0 Å². The summed E-state index contributed by atoms with van der Waals surface area (Å²) in [6.07, 6.45) is 2.91. The summed E-state index contributed by atoms with van der Waals surface area (Å²) in [6, 6.07) is 0. The quantitative estimate of drug-likeness (QED) is 0.615. The molecule has 0 aliphatic rings. The SMILES string of the molecule is C[P@@](CC[P@](C)C(C)(C)C)C(C)(C)C. The lowest BCUT2D eigenvalue weighted by atomic mass is 10.3. The molecule has 86 valence electrons. The third-order valence-corrected chi connectivity index (χ3v) is 9.78. The topological polar surface area (TPSA) is 0 Å². The van der Waals surface area contributed by atoms with Crippen molar-refractivity contribution in [3.63, 3.8) is 0 Å². The van der Waals surface area contributed by atoms with Gasteiger partial charge in [0.05, 0.1) is 0 Å². The highest BCUT2D eigenvalue weighted by atomic mass is 31.1. The van der Waals surface area contributed by atoms with Crippen LogP contribution in [0.2, 0.25) is 0 Å². The van der Waals surface area contributed by atoms with Crippen LogP contribution in [0.15, 0.2) is 0 Å². The summed E-state index contributed by atoms with van der Waals surface area (Å²) in [7, 11) is 0.430. The van der Waals surface area contributed by atoms with Crippen LogP contribution < -0.4 is 0 Å². The van der Waals surface area contributed by atoms with E-state index in [-0.39, 0.29) is 15.8 Å². The van der Waals surface area contributed by atoms with Crippen LogP contribution in [0.25, 0.3) is 0 Å². The van der Waals surface area contributed by atoms with Gasteiger partial charge in [0.2, 0.25) is 0 Å². The fraction of sp³-hybridized carbons (Fsp3) is 1.00. The van der Waals surface area contributed by atoms with Crippen LogP contribution in [0.5, 0.6) is 0 Å². The van der Waals surface area contributed by atoms with Gasteiger partial charge in [-0.1, -0.05) is 41.5 Å². The Morgan fingerprint density at radius 3 is 1.00 bits per heavy atom. The van der Waals surface area contributed by atoms with Crippen LogP contribution in [-0.4, -0.2) is 36.0 Å². The maximum Gasteiger partial charge on any atom is -0.0182 e. The second kappa shape index (κ2) is 5.27. The maximum absolute atomic E-state index is 2.46. The minimum Gasteiger partial charge on any atom is -0.104 e. The Hall–Kier alpha value is 0.860. The molecule has 0 aromatic rings. The van der Waals surface area contributed by atoms with Gasteiger partial charge in [-0.3, -0.25) is 0 Å². The first-order chi connectivity index (χ1) is 6.05. The van der Waals surface area contributed by atoms with Crippen LogP contribution in [0.1, 0.15) is 41.5 Å². The van der Waals surface area contributed by atoms with Gasteiger partial charge in [0.15, 0.2) is 0 Å². The van der Waals surface area contributed by atoms with Crippen molar-refractivity contribution in [1.29, 1.82) is 0 Å². The summed E-state index contributed by atoms with van der Waals surface area (Å²) >= 11 is 0. The summed E-state index contributed by atoms with van der Waals surface area (Å²) in [4.78, 5) is 0. The van der Waals surface area contributed by atoms with E-state index in [9.17, 15) is 0 Å². The van der Waals surface area contributed by atoms with Crippen molar-refractivity contribution >= 4 is 15.8 Å². The van der Waals surface area contributed by atoms with E-state index in [1.165, 1.54) is 12.3 Å². The zero-order valence-corrected chi connectivity index (χ0v) is 13.1. The predicted molar refractivity (Wildman–Crippen MR) is 74.9 cm³/mol. The van der Waals surface area contributed by atoms with E-state index < -0.39 is 0 Å². The highest BCUT2D eigenvalue weighted by molar-refractivity contribution is 7.62. The Morgan fingerprint density at radius 1 is 0.643 bits per heavy atom. The number of hydrogen-bond donors (Lipinski definition) is 0. The van der Waals surface area contributed by atoms with Gasteiger partial charge >= 0.3 is 0 Å². The molecule has 0 saturated carbocycles. The minimum atomic E-state index is 0.215. The molecule has 0 radical (unpaired) electrons. The number of hydrogen-bond acceptors (Lipinski definition) is 0. The summed E-state index contributed by atoms with van der Waals surface area (Å²) < 4.78 is 0. The van der Waals surface area contributed by atoms with Gasteiger partial charge in [-0.2, -0.15) is 0 Å². The molecular weight excluding hydrogens is 206 g/mol. The minimum absolute atomic E-state index is 0.215. The second-order valence-electron chi connectivity index (χ2n) is 6.18. The van der Waals surface area contributed by atoms with Crippen molar-refractivity contribution in [2.45, 2.75) is 51.9 Å². The van der Waals surface area contributed by atoms with Crippen molar-refractivity contribution < 1.29 is 0 Å². The molecule has 0 nitrogen and oxygen atoms in total. The van der Waals surface area contributed by atoms with Gasteiger partial charge in [0.25, 0.3) is 0 Å². The molecule has 0 aromatic heterocycles. The first-order valence-electron chi connectivity index (χ1n) is 5.47. The molecule has 0 amide bonds. The van der Waals surface area contributed by atoms with E-state index in [1.807, 2.05) is 0 Å². The average Bonchev–Trinajstić information content (AvgIpc) is 1.95. The highest BCUT2D eigenvalue weighted by Gasteiger charge is 2.23. The second-order valence-corrected chi connectivity index (χ2v) is 12.6. The highest BCUT2D eigenvalue weighted by Crippen LogP contribution is 2.52. The maximum atomic E-state index is 2.46. The molecule has 0 aliphatic carbocycles. The third kappa shape index (κ3) is 5.67. The van der Waals surface area contributed by atoms with E-state index in [0.29, 0.717) is 10.3 Å². The van der Waals surface area contributed by atoms with Crippen molar-refractivity contribution in [3.05, 3.63) is 0 Å². The molecule has 2 atom stereocenters. The van der Waals surface area contributed by atoms with Crippen LogP contribution in [-0.2, 0) is 0 Å². The zero-order valence-electron chi connectivity index (χ0n) is 11.3. The monoisotopic (exact) mass is 234 g/mol. The van der Waals surface area contributed by atoms with Crippen molar-refractivity contribution in [3.8, 4) is 0 Å². The van der Waals surface area contributed by atoms with Crippen LogP contribution in [0.4, 0.5) is 0 Å². The van der Waals surface area contributed by atoms with Gasteiger partial charge < -0.3 is 0 Å². The normalized spacial score (nSPS) is 18.0. The molecule has 0 heterocycles. The van der Waals surface area contributed by atoms with E-state index in [0.717, 1.165) is 0 Å². The fourth-order valence-corrected chi connectivity index (χ4v) is 4.71. The molecule has 0 aliphatic heterocycles. The summed E-state index contributed by atoms with van der Waals surface area (Å²) in [5.74, 6) is 0. The van der Waals surface area contributed by atoms with Crippen molar-refractivity contribution in [2.75, 3.05) is 25.7 Å². The standard InChI is InChI=1S/C12H28P2/c1-11(2,3)13(7)9-10-14(8)12(4,5)6/h9-10H2,1-8H3/t13-,14-/m0/s1. The van der Waals surface area contributed by atoms with Gasteiger partial charge in [-0.25, -0.2) is 0 Å². The Balaban J connectivity index is 3.96. The van der Waals surface area contributed by atoms with E-state index >= 15 is 0 Å². The average molecular weight is 234 g/mol. The van der Waals surface area contributed by atoms with Crippen molar-refractivity contribution in [1.82, 2.24) is 0 Å². The predicted octanol–water partition coefficient (Wildman–Crippen LogP) is 4.81. The Morgan fingerprint density at radius 2 is 0.857 bits per heavy atom. The summed E-state index contributed by atoms with van der Waals surface area (Å²) in [6.45, 7) is 19.2. The number of rotatable bonds is 3. The molecule has 0 saturated heterocycles. The first-order valence-corrected chi connectivity index (χ1v) is 9.42. The summed E-state index contributed by atoms with van der Waals surface area (Å²) in [5.41, 5.74) is 0. The molecule has 0 rings (SSSR count). The van der Waals surface area contributed by atoms with Gasteiger partial charge in [0, 0.05) is 0 Å². The molecule has 2 heteroatoms. The molecule has 0 fully saturated rings. The Bertz CT molecular complexity index is 142. The smallest absolute Gasteiger partial charge is 0.0182 e.